The smallest absolute Gasteiger partial charge is 0.246 e. The van der Waals surface area contributed by atoms with Crippen LogP contribution < -0.4 is 19.1 Å². The molecule has 0 saturated heterocycles. The van der Waals surface area contributed by atoms with Gasteiger partial charge in [0, 0.05) is 17.8 Å². The lowest BCUT2D eigenvalue weighted by Gasteiger charge is -2.23. The van der Waals surface area contributed by atoms with Gasteiger partial charge in [-0.2, -0.15) is 4.98 Å². The van der Waals surface area contributed by atoms with Crippen molar-refractivity contribution < 1.29 is 18.7 Å². The first-order valence-electron chi connectivity index (χ1n) is 10.2. The van der Waals surface area contributed by atoms with E-state index in [1.165, 1.54) is 5.56 Å². The molecule has 0 aliphatic rings. The number of anilines is 1. The zero-order chi connectivity index (χ0) is 22.3. The molecule has 0 radical (unpaired) electrons. The molecule has 0 aliphatic heterocycles. The molecule has 7 nitrogen and oxygen atoms in total. The van der Waals surface area contributed by atoms with Crippen molar-refractivity contribution >= 4 is 5.69 Å². The maximum absolute atomic E-state index is 5.58. The highest BCUT2D eigenvalue weighted by molar-refractivity contribution is 5.60. The van der Waals surface area contributed by atoms with Gasteiger partial charge in [0.1, 0.15) is 5.75 Å². The first-order chi connectivity index (χ1) is 15.7. The summed E-state index contributed by atoms with van der Waals surface area (Å²) in [6, 6.07) is 23.7. The Morgan fingerprint density at radius 3 is 2.22 bits per heavy atom. The second-order valence-corrected chi connectivity index (χ2v) is 7.12. The summed E-state index contributed by atoms with van der Waals surface area (Å²) in [4.78, 5) is 6.79. The van der Waals surface area contributed by atoms with Crippen molar-refractivity contribution in [2.24, 2.45) is 0 Å². The molecule has 3 aromatic carbocycles. The third-order valence-electron chi connectivity index (χ3n) is 5.09. The topological polar surface area (TPSA) is 69.9 Å². The predicted molar refractivity (Wildman–Crippen MR) is 122 cm³/mol. The maximum atomic E-state index is 5.58. The van der Waals surface area contributed by atoms with Crippen LogP contribution in [0.1, 0.15) is 11.5 Å². The van der Waals surface area contributed by atoms with Gasteiger partial charge in [0.05, 0.1) is 27.9 Å². The van der Waals surface area contributed by atoms with Crippen molar-refractivity contribution in [3.8, 4) is 28.6 Å². The van der Waals surface area contributed by atoms with Crippen molar-refractivity contribution in [2.75, 3.05) is 26.2 Å². The summed E-state index contributed by atoms with van der Waals surface area (Å²) in [5.74, 6) is 3.08. The molecule has 0 aliphatic carbocycles. The standard InChI is InChI=1S/C25H25N3O4/c1-29-21-12-10-20(11-13-21)28(16-18-7-5-4-6-8-18)17-24-26-25(27-32-24)19-9-14-22(30-2)23(15-19)31-3/h4-15H,16-17H2,1-3H3. The van der Waals surface area contributed by atoms with Gasteiger partial charge in [-0.1, -0.05) is 35.5 Å². The van der Waals surface area contributed by atoms with Crippen LogP contribution in [0.3, 0.4) is 0 Å². The number of ether oxygens (including phenoxy) is 3. The SMILES string of the molecule is COc1ccc(N(Cc2ccccc2)Cc2nc(-c3ccc(OC)c(OC)c3)no2)cc1. The average molecular weight is 431 g/mol. The Labute approximate surface area is 187 Å². The van der Waals surface area contributed by atoms with Crippen LogP contribution in [-0.2, 0) is 13.1 Å². The van der Waals surface area contributed by atoms with Crippen LogP contribution in [0.15, 0.2) is 77.3 Å². The molecular weight excluding hydrogens is 406 g/mol. The first kappa shape index (κ1) is 21.2. The third-order valence-corrected chi connectivity index (χ3v) is 5.09. The van der Waals surface area contributed by atoms with Gasteiger partial charge in [-0.15, -0.1) is 0 Å². The molecule has 7 heteroatoms. The molecule has 1 aromatic heterocycles. The summed E-state index contributed by atoms with van der Waals surface area (Å²) < 4.78 is 21.6. The monoisotopic (exact) mass is 431 g/mol. The van der Waals surface area contributed by atoms with Crippen molar-refractivity contribution in [1.82, 2.24) is 10.1 Å². The van der Waals surface area contributed by atoms with Gasteiger partial charge in [0.15, 0.2) is 11.5 Å². The summed E-state index contributed by atoms with van der Waals surface area (Å²) in [5.41, 5.74) is 3.00. The van der Waals surface area contributed by atoms with Gasteiger partial charge in [0.2, 0.25) is 11.7 Å². The molecule has 164 valence electrons. The van der Waals surface area contributed by atoms with E-state index in [4.69, 9.17) is 18.7 Å². The number of hydrogen-bond acceptors (Lipinski definition) is 7. The van der Waals surface area contributed by atoms with E-state index in [1.54, 1.807) is 21.3 Å². The summed E-state index contributed by atoms with van der Waals surface area (Å²) in [6.07, 6.45) is 0. The summed E-state index contributed by atoms with van der Waals surface area (Å²) in [6.45, 7) is 1.16. The summed E-state index contributed by atoms with van der Waals surface area (Å²) in [5, 5.41) is 4.17. The summed E-state index contributed by atoms with van der Waals surface area (Å²) in [7, 11) is 4.86. The minimum Gasteiger partial charge on any atom is -0.497 e. The average Bonchev–Trinajstić information content (AvgIpc) is 3.32. The molecule has 0 spiro atoms. The van der Waals surface area contributed by atoms with Crippen LogP contribution in [0.2, 0.25) is 0 Å². The normalized spacial score (nSPS) is 10.6. The van der Waals surface area contributed by atoms with Gasteiger partial charge in [-0.3, -0.25) is 0 Å². The first-order valence-corrected chi connectivity index (χ1v) is 10.2. The molecule has 4 aromatic rings. The van der Waals surface area contributed by atoms with Crippen molar-refractivity contribution in [2.45, 2.75) is 13.1 Å². The van der Waals surface area contributed by atoms with Gasteiger partial charge in [-0.05, 0) is 48.0 Å². The van der Waals surface area contributed by atoms with E-state index in [-0.39, 0.29) is 0 Å². The fourth-order valence-electron chi connectivity index (χ4n) is 3.41. The molecule has 0 atom stereocenters. The number of hydrogen-bond donors (Lipinski definition) is 0. The Bertz CT molecular complexity index is 1140. The molecule has 32 heavy (non-hydrogen) atoms. The molecule has 0 amide bonds. The van der Waals surface area contributed by atoms with Crippen molar-refractivity contribution in [3.05, 3.63) is 84.3 Å². The van der Waals surface area contributed by atoms with Crippen LogP contribution in [0.25, 0.3) is 11.4 Å². The number of nitrogens with zero attached hydrogens (tertiary/aromatic N) is 3. The highest BCUT2D eigenvalue weighted by Gasteiger charge is 2.16. The van der Waals surface area contributed by atoms with E-state index in [0.29, 0.717) is 36.3 Å². The molecule has 4 rings (SSSR count). The number of benzene rings is 3. The fourth-order valence-corrected chi connectivity index (χ4v) is 3.41. The highest BCUT2D eigenvalue weighted by atomic mass is 16.5. The molecule has 0 fully saturated rings. The lowest BCUT2D eigenvalue weighted by Crippen LogP contribution is -2.22. The minimum atomic E-state index is 0.460. The van der Waals surface area contributed by atoms with Crippen LogP contribution in [0, 0.1) is 0 Å². The Kier molecular flexibility index (Phi) is 6.55. The van der Waals surface area contributed by atoms with Crippen LogP contribution in [-0.4, -0.2) is 31.5 Å². The molecule has 1 heterocycles. The second kappa shape index (κ2) is 9.87. The zero-order valence-electron chi connectivity index (χ0n) is 18.3. The van der Waals surface area contributed by atoms with E-state index in [0.717, 1.165) is 17.0 Å². The summed E-state index contributed by atoms with van der Waals surface area (Å²) >= 11 is 0. The maximum Gasteiger partial charge on any atom is 0.246 e. The fraction of sp³-hybridized carbons (Fsp3) is 0.200. The Morgan fingerprint density at radius 1 is 0.781 bits per heavy atom. The van der Waals surface area contributed by atoms with E-state index >= 15 is 0 Å². The quantitative estimate of drug-likeness (QED) is 0.371. The number of methoxy groups -OCH3 is 3. The van der Waals surface area contributed by atoms with E-state index in [2.05, 4.69) is 27.2 Å². The number of aromatic nitrogens is 2. The van der Waals surface area contributed by atoms with E-state index < -0.39 is 0 Å². The Balaban J connectivity index is 1.59. The molecule has 0 bridgehead atoms. The van der Waals surface area contributed by atoms with Gasteiger partial charge < -0.3 is 23.6 Å². The molecule has 0 saturated carbocycles. The number of rotatable bonds is 9. The van der Waals surface area contributed by atoms with Crippen molar-refractivity contribution in [3.63, 3.8) is 0 Å². The minimum absolute atomic E-state index is 0.460. The molecule has 0 unspecified atom stereocenters. The van der Waals surface area contributed by atoms with Crippen LogP contribution in [0.4, 0.5) is 5.69 Å². The van der Waals surface area contributed by atoms with Gasteiger partial charge in [-0.25, -0.2) is 0 Å². The van der Waals surface area contributed by atoms with Crippen LogP contribution >= 0.6 is 0 Å². The third kappa shape index (κ3) is 4.83. The van der Waals surface area contributed by atoms with E-state index in [9.17, 15) is 0 Å². The van der Waals surface area contributed by atoms with Gasteiger partial charge >= 0.3 is 0 Å². The second-order valence-electron chi connectivity index (χ2n) is 7.12. The molecular formula is C25H25N3O4. The Hall–Kier alpha value is -4.00. The predicted octanol–water partition coefficient (Wildman–Crippen LogP) is 4.97. The Morgan fingerprint density at radius 2 is 1.53 bits per heavy atom. The van der Waals surface area contributed by atoms with Crippen LogP contribution in [0.5, 0.6) is 17.2 Å². The van der Waals surface area contributed by atoms with Crippen molar-refractivity contribution in [1.29, 1.82) is 0 Å². The highest BCUT2D eigenvalue weighted by Crippen LogP contribution is 2.31. The van der Waals surface area contributed by atoms with Gasteiger partial charge in [0.25, 0.3) is 0 Å². The lowest BCUT2D eigenvalue weighted by molar-refractivity contribution is 0.355. The largest absolute Gasteiger partial charge is 0.497 e. The van der Waals surface area contributed by atoms with E-state index in [1.807, 2.05) is 60.7 Å². The molecule has 0 N–H and O–H groups in total. The lowest BCUT2D eigenvalue weighted by atomic mass is 10.2. The zero-order valence-corrected chi connectivity index (χ0v) is 18.3.